The molecule has 0 unspecified atom stereocenters. The fourth-order valence-corrected chi connectivity index (χ4v) is 2.65. The van der Waals surface area contributed by atoms with Crippen molar-refractivity contribution in [1.82, 2.24) is 5.32 Å². The average molecular weight is 313 g/mol. The van der Waals surface area contributed by atoms with Crippen molar-refractivity contribution in [3.05, 3.63) is 70.5 Å². The number of nitrogens with one attached hydrogen (secondary N) is 1. The molecule has 3 heteroatoms. The first-order chi connectivity index (χ1) is 10.8. The van der Waals surface area contributed by atoms with E-state index < -0.39 is 5.41 Å². The number of aryl methyl sites for hydroxylation is 2. The van der Waals surface area contributed by atoms with Gasteiger partial charge in [0, 0.05) is 12.0 Å². The molecule has 0 radical (unpaired) electrons. The second kappa shape index (κ2) is 6.95. The molecule has 0 aliphatic carbocycles. The van der Waals surface area contributed by atoms with Gasteiger partial charge in [-0.3, -0.25) is 4.79 Å². The van der Waals surface area contributed by atoms with Gasteiger partial charge in [0.15, 0.2) is 0 Å². The molecule has 0 bridgehead atoms. The molecule has 1 N–H and O–H groups in total. The van der Waals surface area contributed by atoms with Crippen LogP contribution in [0.3, 0.4) is 0 Å². The topological polar surface area (TPSA) is 29.1 Å². The van der Waals surface area contributed by atoms with Crippen LogP contribution in [-0.4, -0.2) is 12.5 Å². The molecule has 0 saturated carbocycles. The summed E-state index contributed by atoms with van der Waals surface area (Å²) in [5.74, 6) is -0.274. The van der Waals surface area contributed by atoms with E-state index in [4.69, 9.17) is 0 Å². The maximum atomic E-state index is 13.9. The van der Waals surface area contributed by atoms with Gasteiger partial charge in [-0.25, -0.2) is 4.39 Å². The fraction of sp³-hybridized carbons (Fsp3) is 0.350. The third-order valence-corrected chi connectivity index (χ3v) is 4.19. The van der Waals surface area contributed by atoms with Gasteiger partial charge in [-0.05, 0) is 36.6 Å². The van der Waals surface area contributed by atoms with Gasteiger partial charge in [-0.2, -0.15) is 0 Å². The summed E-state index contributed by atoms with van der Waals surface area (Å²) in [5, 5.41) is 2.94. The number of hydrogen-bond donors (Lipinski definition) is 1. The lowest BCUT2D eigenvalue weighted by atomic mass is 9.84. The average Bonchev–Trinajstić information content (AvgIpc) is 2.49. The second-order valence-electron chi connectivity index (χ2n) is 6.75. The Labute approximate surface area is 137 Å². The summed E-state index contributed by atoms with van der Waals surface area (Å²) in [6, 6.07) is 12.8. The van der Waals surface area contributed by atoms with Gasteiger partial charge >= 0.3 is 0 Å². The first-order valence-electron chi connectivity index (χ1n) is 7.87. The number of benzene rings is 2. The summed E-state index contributed by atoms with van der Waals surface area (Å²) in [4.78, 5) is 12.2. The molecule has 0 aliphatic rings. The monoisotopic (exact) mass is 313 g/mol. The van der Waals surface area contributed by atoms with Crippen LogP contribution < -0.4 is 5.32 Å². The Balaban J connectivity index is 2.01. The van der Waals surface area contributed by atoms with Crippen molar-refractivity contribution in [3.63, 3.8) is 0 Å². The summed E-state index contributed by atoms with van der Waals surface area (Å²) in [6.07, 6.45) is 0.348. The molecule has 2 rings (SSSR count). The van der Waals surface area contributed by atoms with Gasteiger partial charge in [0.2, 0.25) is 5.91 Å². The Hall–Kier alpha value is -2.16. The van der Waals surface area contributed by atoms with Crippen molar-refractivity contribution in [2.45, 2.75) is 39.5 Å². The van der Waals surface area contributed by atoms with Crippen molar-refractivity contribution >= 4 is 5.91 Å². The summed E-state index contributed by atoms with van der Waals surface area (Å²) in [5.41, 5.74) is 3.45. The molecular formula is C20H24FNO. The molecule has 0 heterocycles. The van der Waals surface area contributed by atoms with Crippen molar-refractivity contribution < 1.29 is 9.18 Å². The molecule has 23 heavy (non-hydrogen) atoms. The van der Waals surface area contributed by atoms with Gasteiger partial charge in [-0.15, -0.1) is 0 Å². The Morgan fingerprint density at radius 1 is 1.13 bits per heavy atom. The highest BCUT2D eigenvalue weighted by molar-refractivity contribution is 5.79. The van der Waals surface area contributed by atoms with Crippen LogP contribution in [0.25, 0.3) is 0 Å². The normalized spacial score (nSPS) is 11.3. The maximum Gasteiger partial charge on any atom is 0.224 e. The number of carbonyl (C=O) groups excluding carboxylic acids is 1. The van der Waals surface area contributed by atoms with E-state index in [1.807, 2.05) is 52.0 Å². The first kappa shape index (κ1) is 17.2. The highest BCUT2D eigenvalue weighted by Crippen LogP contribution is 2.24. The van der Waals surface area contributed by atoms with Crippen LogP contribution >= 0.6 is 0 Å². The number of halogens is 1. The van der Waals surface area contributed by atoms with Crippen LogP contribution in [0.4, 0.5) is 4.39 Å². The minimum absolute atomic E-state index is 0.0388. The molecule has 2 aromatic rings. The Morgan fingerprint density at radius 3 is 2.52 bits per heavy atom. The Kier molecular flexibility index (Phi) is 5.19. The molecule has 0 fully saturated rings. The van der Waals surface area contributed by atoms with E-state index in [-0.39, 0.29) is 11.7 Å². The second-order valence-corrected chi connectivity index (χ2v) is 6.75. The zero-order chi connectivity index (χ0) is 17.0. The summed E-state index contributed by atoms with van der Waals surface area (Å²) >= 11 is 0. The van der Waals surface area contributed by atoms with Gasteiger partial charge in [0.05, 0.1) is 6.42 Å². The van der Waals surface area contributed by atoms with Gasteiger partial charge in [-0.1, -0.05) is 55.8 Å². The largest absolute Gasteiger partial charge is 0.355 e. The van der Waals surface area contributed by atoms with Crippen LogP contribution in [0.1, 0.15) is 36.1 Å². The lowest BCUT2D eigenvalue weighted by Gasteiger charge is -2.26. The summed E-state index contributed by atoms with van der Waals surface area (Å²) in [6.45, 7) is 8.29. The molecule has 122 valence electrons. The molecular weight excluding hydrogens is 289 g/mol. The molecule has 2 nitrogen and oxygen atoms in total. The van der Waals surface area contributed by atoms with Crippen LogP contribution in [0.5, 0.6) is 0 Å². The zero-order valence-corrected chi connectivity index (χ0v) is 14.2. The third-order valence-electron chi connectivity index (χ3n) is 4.19. The van der Waals surface area contributed by atoms with Gasteiger partial charge in [0.25, 0.3) is 0 Å². The summed E-state index contributed by atoms with van der Waals surface area (Å²) in [7, 11) is 0. The van der Waals surface area contributed by atoms with E-state index in [1.165, 1.54) is 6.07 Å². The molecule has 0 atom stereocenters. The van der Waals surface area contributed by atoms with Crippen LogP contribution in [-0.2, 0) is 16.6 Å². The van der Waals surface area contributed by atoms with Crippen LogP contribution in [0.15, 0.2) is 42.5 Å². The highest BCUT2D eigenvalue weighted by Gasteiger charge is 2.24. The standard InChI is InChI=1S/C20H24FNO/c1-14-9-10-15(2)16(11-14)12-19(23)22-13-20(3,4)17-7-5-6-8-18(17)21/h5-11H,12-13H2,1-4H3,(H,22,23). The van der Waals surface area contributed by atoms with Crippen molar-refractivity contribution in [2.75, 3.05) is 6.54 Å². The minimum Gasteiger partial charge on any atom is -0.355 e. The fourth-order valence-electron chi connectivity index (χ4n) is 2.65. The third kappa shape index (κ3) is 4.41. The van der Waals surface area contributed by atoms with E-state index >= 15 is 0 Å². The predicted octanol–water partition coefficient (Wildman–Crippen LogP) is 4.08. The number of amides is 1. The van der Waals surface area contributed by atoms with Crippen molar-refractivity contribution in [1.29, 1.82) is 0 Å². The lowest BCUT2D eigenvalue weighted by molar-refractivity contribution is -0.120. The molecule has 0 spiro atoms. The minimum atomic E-state index is -0.456. The quantitative estimate of drug-likeness (QED) is 0.885. The first-order valence-corrected chi connectivity index (χ1v) is 7.87. The highest BCUT2D eigenvalue weighted by atomic mass is 19.1. The number of carbonyl (C=O) groups is 1. The molecule has 1 amide bonds. The van der Waals surface area contributed by atoms with Crippen molar-refractivity contribution in [2.24, 2.45) is 0 Å². The van der Waals surface area contributed by atoms with E-state index in [0.29, 0.717) is 18.5 Å². The van der Waals surface area contributed by atoms with E-state index in [0.717, 1.165) is 16.7 Å². The molecule has 0 aromatic heterocycles. The van der Waals surface area contributed by atoms with E-state index in [2.05, 4.69) is 5.32 Å². The van der Waals surface area contributed by atoms with Crippen LogP contribution in [0, 0.1) is 19.7 Å². The van der Waals surface area contributed by atoms with Gasteiger partial charge < -0.3 is 5.32 Å². The predicted molar refractivity (Wildman–Crippen MR) is 92.1 cm³/mol. The zero-order valence-electron chi connectivity index (χ0n) is 14.2. The van der Waals surface area contributed by atoms with E-state index in [9.17, 15) is 9.18 Å². The number of hydrogen-bond acceptors (Lipinski definition) is 1. The molecule has 0 aliphatic heterocycles. The Morgan fingerprint density at radius 2 is 1.83 bits per heavy atom. The van der Waals surface area contributed by atoms with Crippen LogP contribution in [0.2, 0.25) is 0 Å². The smallest absolute Gasteiger partial charge is 0.224 e. The summed E-state index contributed by atoms with van der Waals surface area (Å²) < 4.78 is 13.9. The Bertz CT molecular complexity index is 707. The van der Waals surface area contributed by atoms with Crippen molar-refractivity contribution in [3.8, 4) is 0 Å². The maximum absolute atomic E-state index is 13.9. The lowest BCUT2D eigenvalue weighted by Crippen LogP contribution is -2.38. The molecule has 2 aromatic carbocycles. The SMILES string of the molecule is Cc1ccc(C)c(CC(=O)NCC(C)(C)c2ccccc2F)c1. The number of rotatable bonds is 5. The van der Waals surface area contributed by atoms with Gasteiger partial charge in [0.1, 0.15) is 5.82 Å². The molecule has 0 saturated heterocycles. The van der Waals surface area contributed by atoms with E-state index in [1.54, 1.807) is 12.1 Å².